The lowest BCUT2D eigenvalue weighted by Crippen LogP contribution is -2.37. The van der Waals surface area contributed by atoms with E-state index in [0.717, 1.165) is 32.1 Å². The van der Waals surface area contributed by atoms with Gasteiger partial charge in [-0.15, -0.1) is 0 Å². The predicted octanol–water partition coefficient (Wildman–Crippen LogP) is 2.59. The number of amides is 1. The highest BCUT2D eigenvalue weighted by atomic mass is 16.1. The molecule has 1 aliphatic carbocycles. The zero-order chi connectivity index (χ0) is 12.7. The maximum absolute atomic E-state index is 11.9. The Bertz CT molecular complexity index is 230. The molecule has 0 aromatic heterocycles. The van der Waals surface area contributed by atoms with Crippen molar-refractivity contribution in [1.82, 2.24) is 5.32 Å². The molecular formula is C14H28N2O. The van der Waals surface area contributed by atoms with Crippen molar-refractivity contribution in [2.45, 2.75) is 77.3 Å². The van der Waals surface area contributed by atoms with Gasteiger partial charge in [0.15, 0.2) is 0 Å². The fourth-order valence-corrected chi connectivity index (χ4v) is 2.79. The quantitative estimate of drug-likeness (QED) is 0.750. The number of hydrogen-bond donors (Lipinski definition) is 2. The van der Waals surface area contributed by atoms with Gasteiger partial charge >= 0.3 is 0 Å². The SMILES string of the molecule is CCCC(CC)NC(=O)CC1CCCC(N)C1. The number of carbonyl (C=O) groups excluding carboxylic acids is 1. The first kappa shape index (κ1) is 14.5. The second kappa shape index (κ2) is 7.70. The van der Waals surface area contributed by atoms with E-state index in [9.17, 15) is 4.79 Å². The van der Waals surface area contributed by atoms with E-state index in [0.29, 0.717) is 24.4 Å². The molecule has 0 spiro atoms. The van der Waals surface area contributed by atoms with Gasteiger partial charge in [0.05, 0.1) is 0 Å². The normalized spacial score (nSPS) is 26.5. The fourth-order valence-electron chi connectivity index (χ4n) is 2.79. The van der Waals surface area contributed by atoms with Crippen LogP contribution in [-0.2, 0) is 4.79 Å². The number of carbonyl (C=O) groups is 1. The minimum atomic E-state index is 0.226. The third-order valence-electron chi connectivity index (χ3n) is 3.79. The van der Waals surface area contributed by atoms with Gasteiger partial charge in [-0.3, -0.25) is 4.79 Å². The van der Waals surface area contributed by atoms with Crippen molar-refractivity contribution in [2.24, 2.45) is 11.7 Å². The topological polar surface area (TPSA) is 55.1 Å². The largest absolute Gasteiger partial charge is 0.353 e. The average Bonchev–Trinajstić information content (AvgIpc) is 2.28. The van der Waals surface area contributed by atoms with Crippen molar-refractivity contribution in [3.63, 3.8) is 0 Å². The molecule has 1 aliphatic rings. The molecule has 0 radical (unpaired) electrons. The van der Waals surface area contributed by atoms with E-state index in [1.165, 1.54) is 12.8 Å². The van der Waals surface area contributed by atoms with Crippen LogP contribution in [0, 0.1) is 5.92 Å². The first-order chi connectivity index (χ1) is 8.15. The molecule has 0 heterocycles. The molecule has 3 nitrogen and oxygen atoms in total. The average molecular weight is 240 g/mol. The molecule has 1 fully saturated rings. The summed E-state index contributed by atoms with van der Waals surface area (Å²) in [6.45, 7) is 4.30. The maximum atomic E-state index is 11.9. The lowest BCUT2D eigenvalue weighted by atomic mass is 9.84. The van der Waals surface area contributed by atoms with Crippen molar-refractivity contribution in [2.75, 3.05) is 0 Å². The van der Waals surface area contributed by atoms with Crippen molar-refractivity contribution in [3.8, 4) is 0 Å². The summed E-state index contributed by atoms with van der Waals surface area (Å²) in [5, 5.41) is 3.15. The molecule has 17 heavy (non-hydrogen) atoms. The van der Waals surface area contributed by atoms with Crippen LogP contribution < -0.4 is 11.1 Å². The van der Waals surface area contributed by atoms with E-state index in [1.807, 2.05) is 0 Å². The standard InChI is InChI=1S/C14H28N2O/c1-3-6-13(4-2)16-14(17)10-11-7-5-8-12(15)9-11/h11-13H,3-10,15H2,1-2H3,(H,16,17). The van der Waals surface area contributed by atoms with Crippen LogP contribution in [0.15, 0.2) is 0 Å². The monoisotopic (exact) mass is 240 g/mol. The highest BCUT2D eigenvalue weighted by molar-refractivity contribution is 5.76. The molecule has 1 amide bonds. The van der Waals surface area contributed by atoms with Gasteiger partial charge in [0, 0.05) is 18.5 Å². The van der Waals surface area contributed by atoms with E-state index in [2.05, 4.69) is 19.2 Å². The van der Waals surface area contributed by atoms with E-state index in [-0.39, 0.29) is 5.91 Å². The van der Waals surface area contributed by atoms with Gasteiger partial charge in [-0.1, -0.05) is 26.7 Å². The third-order valence-corrected chi connectivity index (χ3v) is 3.79. The smallest absolute Gasteiger partial charge is 0.220 e. The molecular weight excluding hydrogens is 212 g/mol. The summed E-state index contributed by atoms with van der Waals surface area (Å²) in [6.07, 6.45) is 8.44. The predicted molar refractivity (Wildman–Crippen MR) is 71.7 cm³/mol. The van der Waals surface area contributed by atoms with Gasteiger partial charge in [0.25, 0.3) is 0 Å². The minimum Gasteiger partial charge on any atom is -0.353 e. The lowest BCUT2D eigenvalue weighted by Gasteiger charge is -2.26. The van der Waals surface area contributed by atoms with Gasteiger partial charge in [0.2, 0.25) is 5.91 Å². The van der Waals surface area contributed by atoms with Crippen LogP contribution in [0.25, 0.3) is 0 Å². The molecule has 1 saturated carbocycles. The Balaban J connectivity index is 2.27. The molecule has 0 aromatic carbocycles. The molecule has 1 rings (SSSR count). The number of nitrogens with two attached hydrogens (primary N) is 1. The zero-order valence-corrected chi connectivity index (χ0v) is 11.4. The van der Waals surface area contributed by atoms with Gasteiger partial charge in [0.1, 0.15) is 0 Å². The van der Waals surface area contributed by atoms with Gasteiger partial charge in [-0.2, -0.15) is 0 Å². The Hall–Kier alpha value is -0.570. The molecule has 3 atom stereocenters. The molecule has 0 saturated heterocycles. The van der Waals surface area contributed by atoms with E-state index in [4.69, 9.17) is 5.73 Å². The molecule has 3 heteroatoms. The first-order valence-corrected chi connectivity index (χ1v) is 7.20. The van der Waals surface area contributed by atoms with Crippen LogP contribution in [-0.4, -0.2) is 18.0 Å². The second-order valence-electron chi connectivity index (χ2n) is 5.46. The number of rotatable bonds is 6. The summed E-state index contributed by atoms with van der Waals surface area (Å²) >= 11 is 0. The summed E-state index contributed by atoms with van der Waals surface area (Å²) in [5.41, 5.74) is 5.94. The summed E-state index contributed by atoms with van der Waals surface area (Å²) in [4.78, 5) is 11.9. The second-order valence-corrected chi connectivity index (χ2v) is 5.46. The Morgan fingerprint density at radius 2 is 2.18 bits per heavy atom. The molecule has 0 aliphatic heterocycles. The van der Waals surface area contributed by atoms with Crippen LogP contribution in [0.5, 0.6) is 0 Å². The summed E-state index contributed by atoms with van der Waals surface area (Å²) in [7, 11) is 0. The van der Waals surface area contributed by atoms with Crippen molar-refractivity contribution in [3.05, 3.63) is 0 Å². The van der Waals surface area contributed by atoms with Crippen molar-refractivity contribution < 1.29 is 4.79 Å². The Kier molecular flexibility index (Phi) is 6.56. The zero-order valence-electron chi connectivity index (χ0n) is 11.4. The van der Waals surface area contributed by atoms with E-state index >= 15 is 0 Å². The first-order valence-electron chi connectivity index (χ1n) is 7.20. The summed E-state index contributed by atoms with van der Waals surface area (Å²) in [5.74, 6) is 0.738. The minimum absolute atomic E-state index is 0.226. The number of hydrogen-bond acceptors (Lipinski definition) is 2. The Morgan fingerprint density at radius 1 is 1.41 bits per heavy atom. The van der Waals surface area contributed by atoms with Crippen molar-refractivity contribution >= 4 is 5.91 Å². The van der Waals surface area contributed by atoms with Gasteiger partial charge in [-0.05, 0) is 38.0 Å². The van der Waals surface area contributed by atoms with E-state index < -0.39 is 0 Å². The maximum Gasteiger partial charge on any atom is 0.220 e. The fraction of sp³-hybridized carbons (Fsp3) is 0.929. The Morgan fingerprint density at radius 3 is 2.76 bits per heavy atom. The van der Waals surface area contributed by atoms with Crippen LogP contribution in [0.2, 0.25) is 0 Å². The lowest BCUT2D eigenvalue weighted by molar-refractivity contribution is -0.123. The van der Waals surface area contributed by atoms with Crippen LogP contribution in [0.3, 0.4) is 0 Å². The summed E-state index contributed by atoms with van der Waals surface area (Å²) in [6, 6.07) is 0.684. The van der Waals surface area contributed by atoms with Crippen molar-refractivity contribution in [1.29, 1.82) is 0 Å². The highest BCUT2D eigenvalue weighted by Crippen LogP contribution is 2.25. The number of nitrogens with one attached hydrogen (secondary N) is 1. The molecule has 100 valence electrons. The molecule has 3 unspecified atom stereocenters. The van der Waals surface area contributed by atoms with Gasteiger partial charge in [-0.25, -0.2) is 0 Å². The van der Waals surface area contributed by atoms with Crippen LogP contribution in [0.1, 0.15) is 65.2 Å². The van der Waals surface area contributed by atoms with E-state index in [1.54, 1.807) is 0 Å². The highest BCUT2D eigenvalue weighted by Gasteiger charge is 2.22. The molecule has 0 aromatic rings. The van der Waals surface area contributed by atoms with Gasteiger partial charge < -0.3 is 11.1 Å². The Labute approximate surface area is 106 Å². The molecule has 3 N–H and O–H groups in total. The third kappa shape index (κ3) is 5.53. The summed E-state index contributed by atoms with van der Waals surface area (Å²) < 4.78 is 0. The van der Waals surface area contributed by atoms with Crippen LogP contribution in [0.4, 0.5) is 0 Å². The van der Waals surface area contributed by atoms with Crippen LogP contribution >= 0.6 is 0 Å². The molecule has 0 bridgehead atoms.